The van der Waals surface area contributed by atoms with Crippen molar-refractivity contribution < 1.29 is 13.9 Å². The largest absolute Gasteiger partial charge is 0.408 e. The summed E-state index contributed by atoms with van der Waals surface area (Å²) in [5, 5.41) is 12.7. The molecule has 1 saturated heterocycles. The van der Waals surface area contributed by atoms with Crippen molar-refractivity contribution >= 4 is 23.6 Å². The Morgan fingerprint density at radius 3 is 2.61 bits per heavy atom. The maximum atomic E-state index is 12.2. The van der Waals surface area contributed by atoms with Crippen LogP contribution in [0.1, 0.15) is 37.9 Å². The number of hydrogen-bond donors (Lipinski definition) is 2. The quantitative estimate of drug-likeness (QED) is 0.551. The van der Waals surface area contributed by atoms with E-state index in [-0.39, 0.29) is 12.1 Å². The molecule has 0 radical (unpaired) electrons. The van der Waals surface area contributed by atoms with Crippen molar-refractivity contribution in [2.75, 3.05) is 41.8 Å². The van der Waals surface area contributed by atoms with E-state index in [4.69, 9.17) is 19.1 Å². The van der Waals surface area contributed by atoms with E-state index in [9.17, 15) is 4.79 Å². The van der Waals surface area contributed by atoms with Crippen molar-refractivity contribution in [3.8, 4) is 11.4 Å². The average Bonchev–Trinajstić information content (AvgIpc) is 3.27. The molecule has 2 aliphatic rings. The highest BCUT2D eigenvalue weighted by Gasteiger charge is 2.29. The number of amides is 2. The van der Waals surface area contributed by atoms with Gasteiger partial charge in [-0.1, -0.05) is 5.10 Å². The molecule has 2 N–H and O–H groups in total. The maximum Gasteiger partial charge on any atom is 0.327 e. The molecule has 3 aromatic rings. The van der Waals surface area contributed by atoms with Gasteiger partial charge in [0, 0.05) is 49.4 Å². The lowest BCUT2D eigenvalue weighted by molar-refractivity contribution is 0.0983. The SMILES string of the molecule is Cc1nnc(NC(=O)Nc2ccc(-c3nc4c(c(N5CCOCC5C)n3)CCN(C(C)C)C4)cc2)o1. The molecule has 2 amide bonds. The van der Waals surface area contributed by atoms with Crippen LogP contribution in [-0.2, 0) is 17.7 Å². The number of benzene rings is 1. The minimum Gasteiger partial charge on any atom is -0.408 e. The van der Waals surface area contributed by atoms with Crippen molar-refractivity contribution in [2.45, 2.75) is 52.7 Å². The number of aromatic nitrogens is 4. The molecule has 5 rings (SSSR count). The van der Waals surface area contributed by atoms with Gasteiger partial charge >= 0.3 is 12.0 Å². The van der Waals surface area contributed by atoms with Gasteiger partial charge in [-0.05, 0) is 51.5 Å². The lowest BCUT2D eigenvalue weighted by Crippen LogP contribution is -2.45. The second kappa shape index (κ2) is 10.2. The predicted molar refractivity (Wildman–Crippen MR) is 136 cm³/mol. The van der Waals surface area contributed by atoms with Crippen LogP contribution in [0.4, 0.5) is 22.3 Å². The first-order chi connectivity index (χ1) is 17.4. The van der Waals surface area contributed by atoms with Crippen LogP contribution in [-0.4, -0.2) is 69.5 Å². The number of carbonyl (C=O) groups is 1. The Labute approximate surface area is 210 Å². The molecule has 11 nitrogen and oxygen atoms in total. The van der Waals surface area contributed by atoms with Crippen LogP contribution < -0.4 is 15.5 Å². The summed E-state index contributed by atoms with van der Waals surface area (Å²) in [6, 6.07) is 7.78. The molecule has 4 heterocycles. The number of ether oxygens (including phenoxy) is 1. The topological polar surface area (TPSA) is 122 Å². The van der Waals surface area contributed by atoms with Crippen LogP contribution in [0.3, 0.4) is 0 Å². The van der Waals surface area contributed by atoms with Crippen LogP contribution in [0.5, 0.6) is 0 Å². The Morgan fingerprint density at radius 1 is 1.11 bits per heavy atom. The normalized spacial score (nSPS) is 18.2. The Balaban J connectivity index is 1.40. The minimum absolute atomic E-state index is 0.0457. The third kappa shape index (κ3) is 5.17. The van der Waals surface area contributed by atoms with Crippen LogP contribution >= 0.6 is 0 Å². The fourth-order valence-corrected chi connectivity index (χ4v) is 4.59. The molecular weight excluding hydrogens is 460 g/mol. The van der Waals surface area contributed by atoms with E-state index in [1.807, 2.05) is 24.3 Å². The van der Waals surface area contributed by atoms with Crippen molar-refractivity contribution in [3.63, 3.8) is 0 Å². The van der Waals surface area contributed by atoms with E-state index in [1.165, 1.54) is 5.56 Å². The van der Waals surface area contributed by atoms with E-state index >= 15 is 0 Å². The summed E-state index contributed by atoms with van der Waals surface area (Å²) in [6.07, 6.45) is 0.935. The number of fused-ring (bicyclic) bond motifs is 1. The maximum absolute atomic E-state index is 12.2. The van der Waals surface area contributed by atoms with Gasteiger partial charge in [0.25, 0.3) is 0 Å². The van der Waals surface area contributed by atoms with Gasteiger partial charge < -0.3 is 19.4 Å². The second-order valence-electron chi connectivity index (χ2n) is 9.51. The van der Waals surface area contributed by atoms with Gasteiger partial charge in [-0.3, -0.25) is 10.2 Å². The summed E-state index contributed by atoms with van der Waals surface area (Å²) in [7, 11) is 0. The number of nitrogens with zero attached hydrogens (tertiary/aromatic N) is 6. The fourth-order valence-electron chi connectivity index (χ4n) is 4.59. The van der Waals surface area contributed by atoms with E-state index < -0.39 is 6.03 Å². The van der Waals surface area contributed by atoms with Crippen LogP contribution in [0.15, 0.2) is 28.7 Å². The van der Waals surface area contributed by atoms with Gasteiger partial charge in [-0.25, -0.2) is 14.8 Å². The summed E-state index contributed by atoms with van der Waals surface area (Å²) in [4.78, 5) is 27.1. The summed E-state index contributed by atoms with van der Waals surface area (Å²) in [6.45, 7) is 12.3. The molecular formula is C25H32N8O3. The zero-order chi connectivity index (χ0) is 25.2. The summed E-state index contributed by atoms with van der Waals surface area (Å²) < 4.78 is 10.9. The molecule has 1 fully saturated rings. The molecule has 11 heteroatoms. The van der Waals surface area contributed by atoms with Gasteiger partial charge in [-0.2, -0.15) is 0 Å². The fraction of sp³-hybridized carbons (Fsp3) is 0.480. The summed E-state index contributed by atoms with van der Waals surface area (Å²) in [5.41, 5.74) is 3.85. The molecule has 36 heavy (non-hydrogen) atoms. The smallest absolute Gasteiger partial charge is 0.327 e. The van der Waals surface area contributed by atoms with Crippen LogP contribution in [0.25, 0.3) is 11.4 Å². The van der Waals surface area contributed by atoms with Crippen LogP contribution in [0, 0.1) is 6.92 Å². The summed E-state index contributed by atoms with van der Waals surface area (Å²) in [5.74, 6) is 2.08. The Bertz CT molecular complexity index is 1230. The monoisotopic (exact) mass is 492 g/mol. The Morgan fingerprint density at radius 2 is 1.92 bits per heavy atom. The van der Waals surface area contributed by atoms with E-state index in [1.54, 1.807) is 6.92 Å². The Hall–Kier alpha value is -3.57. The van der Waals surface area contributed by atoms with E-state index in [2.05, 4.69) is 51.4 Å². The second-order valence-corrected chi connectivity index (χ2v) is 9.51. The minimum atomic E-state index is -0.464. The van der Waals surface area contributed by atoms with Gasteiger partial charge in [-0.15, -0.1) is 5.10 Å². The number of urea groups is 1. The van der Waals surface area contributed by atoms with E-state index in [0.29, 0.717) is 36.7 Å². The molecule has 1 unspecified atom stereocenters. The third-order valence-electron chi connectivity index (χ3n) is 6.59. The molecule has 0 bridgehead atoms. The standard InChI is InChI=1S/C25H32N8O3/c1-15(2)32-10-9-20-21(13-32)27-22(28-23(20)33-11-12-35-14-16(33)3)18-5-7-19(8-6-18)26-24(34)29-25-31-30-17(4)36-25/h5-8,15-16H,9-14H2,1-4H3,(H2,26,29,31,34). The lowest BCUT2D eigenvalue weighted by atomic mass is 10.0. The number of morpholine rings is 1. The molecule has 1 atom stereocenters. The number of hydrogen-bond acceptors (Lipinski definition) is 9. The third-order valence-corrected chi connectivity index (χ3v) is 6.59. The molecule has 2 aliphatic heterocycles. The van der Waals surface area contributed by atoms with Crippen molar-refractivity contribution in [2.24, 2.45) is 0 Å². The van der Waals surface area contributed by atoms with Crippen molar-refractivity contribution in [3.05, 3.63) is 41.4 Å². The zero-order valence-corrected chi connectivity index (χ0v) is 21.1. The van der Waals surface area contributed by atoms with Gasteiger partial charge in [0.05, 0.1) is 24.9 Å². The first-order valence-electron chi connectivity index (χ1n) is 12.3. The highest BCUT2D eigenvalue weighted by atomic mass is 16.5. The highest BCUT2D eigenvalue weighted by Crippen LogP contribution is 2.32. The van der Waals surface area contributed by atoms with Gasteiger partial charge in [0.15, 0.2) is 5.82 Å². The average molecular weight is 493 g/mol. The number of rotatable bonds is 5. The van der Waals surface area contributed by atoms with Crippen molar-refractivity contribution in [1.82, 2.24) is 25.1 Å². The van der Waals surface area contributed by atoms with Crippen molar-refractivity contribution in [1.29, 1.82) is 0 Å². The Kier molecular flexibility index (Phi) is 6.84. The molecule has 0 saturated carbocycles. The first kappa shape index (κ1) is 24.1. The predicted octanol–water partition coefficient (Wildman–Crippen LogP) is 3.47. The highest BCUT2D eigenvalue weighted by molar-refractivity contribution is 5.98. The van der Waals surface area contributed by atoms with Crippen LogP contribution in [0.2, 0.25) is 0 Å². The number of aryl methyl sites for hydroxylation is 1. The molecule has 0 spiro atoms. The first-order valence-corrected chi connectivity index (χ1v) is 12.3. The van der Waals surface area contributed by atoms with E-state index in [0.717, 1.165) is 43.1 Å². The molecule has 0 aliphatic carbocycles. The van der Waals surface area contributed by atoms with Gasteiger partial charge in [0.1, 0.15) is 5.82 Å². The number of anilines is 3. The zero-order valence-electron chi connectivity index (χ0n) is 21.1. The summed E-state index contributed by atoms with van der Waals surface area (Å²) >= 11 is 0. The lowest BCUT2D eigenvalue weighted by Gasteiger charge is -2.38. The molecule has 2 aromatic heterocycles. The van der Waals surface area contributed by atoms with Gasteiger partial charge in [0.2, 0.25) is 5.89 Å². The molecule has 190 valence electrons. The number of carbonyl (C=O) groups excluding carboxylic acids is 1. The number of nitrogens with one attached hydrogen (secondary N) is 2. The molecule has 1 aromatic carbocycles.